The van der Waals surface area contributed by atoms with Gasteiger partial charge >= 0.3 is 0 Å². The third-order valence-electron chi connectivity index (χ3n) is 4.31. The molecule has 3 nitrogen and oxygen atoms in total. The van der Waals surface area contributed by atoms with Crippen LogP contribution in [-0.2, 0) is 0 Å². The molecule has 1 aromatic heterocycles. The van der Waals surface area contributed by atoms with Crippen LogP contribution in [0.2, 0.25) is 0 Å². The van der Waals surface area contributed by atoms with Crippen LogP contribution in [0.3, 0.4) is 0 Å². The lowest BCUT2D eigenvalue weighted by molar-refractivity contribution is 0.369. The van der Waals surface area contributed by atoms with Crippen molar-refractivity contribution in [2.75, 3.05) is 13.1 Å². The van der Waals surface area contributed by atoms with Gasteiger partial charge in [-0.15, -0.1) is 0 Å². The molecule has 2 aromatic rings. The van der Waals surface area contributed by atoms with Crippen LogP contribution in [0.15, 0.2) is 42.7 Å². The Kier molecular flexibility index (Phi) is 4.20. The van der Waals surface area contributed by atoms with E-state index in [2.05, 4.69) is 54.1 Å². The number of imidazole rings is 1. The van der Waals surface area contributed by atoms with Gasteiger partial charge in [-0.3, -0.25) is 0 Å². The van der Waals surface area contributed by atoms with Gasteiger partial charge < -0.3 is 9.88 Å². The van der Waals surface area contributed by atoms with Gasteiger partial charge in [-0.05, 0) is 38.8 Å². The molecule has 0 radical (unpaired) electrons. The van der Waals surface area contributed by atoms with Crippen LogP contribution in [-0.4, -0.2) is 22.6 Å². The monoisotopic (exact) mass is 281 g/mol. The highest BCUT2D eigenvalue weighted by molar-refractivity contribution is 5.76. The molecule has 0 unspecified atom stereocenters. The first kappa shape index (κ1) is 14.1. The Balaban J connectivity index is 2.07. The Morgan fingerprint density at radius 2 is 2.14 bits per heavy atom. The van der Waals surface area contributed by atoms with Crippen molar-refractivity contribution in [3.63, 3.8) is 0 Å². The van der Waals surface area contributed by atoms with Crippen LogP contribution < -0.4 is 5.32 Å². The van der Waals surface area contributed by atoms with Gasteiger partial charge in [0.25, 0.3) is 0 Å². The summed E-state index contributed by atoms with van der Waals surface area (Å²) < 4.78 is 2.36. The molecule has 2 heterocycles. The molecule has 0 bridgehead atoms. The predicted octanol–water partition coefficient (Wildman–Crippen LogP) is 3.90. The van der Waals surface area contributed by atoms with Gasteiger partial charge in [0.1, 0.15) is 0 Å². The first-order valence-corrected chi connectivity index (χ1v) is 7.77. The first-order valence-electron chi connectivity index (χ1n) is 7.77. The van der Waals surface area contributed by atoms with E-state index in [1.807, 2.05) is 12.4 Å². The number of hydrogen-bond donors (Lipinski definition) is 1. The highest BCUT2D eigenvalue weighted by Crippen LogP contribution is 2.31. The molecule has 0 spiro atoms. The molecule has 21 heavy (non-hydrogen) atoms. The van der Waals surface area contributed by atoms with Gasteiger partial charge in [0.05, 0.1) is 17.7 Å². The number of rotatable bonds is 3. The number of aromatic nitrogens is 2. The van der Waals surface area contributed by atoms with Crippen molar-refractivity contribution in [1.29, 1.82) is 0 Å². The summed E-state index contributed by atoms with van der Waals surface area (Å²) in [6.45, 7) is 6.44. The van der Waals surface area contributed by atoms with Crippen molar-refractivity contribution in [3.05, 3.63) is 48.4 Å². The number of nitrogens with zero attached hydrogens (tertiary/aromatic N) is 2. The third-order valence-corrected chi connectivity index (χ3v) is 4.31. The second-order valence-electron chi connectivity index (χ2n) is 5.69. The number of piperidine rings is 1. The molecule has 1 aliphatic heterocycles. The zero-order valence-electron chi connectivity index (χ0n) is 12.8. The van der Waals surface area contributed by atoms with E-state index in [9.17, 15) is 0 Å². The zero-order chi connectivity index (χ0) is 14.7. The fourth-order valence-electron chi connectivity index (χ4n) is 3.04. The summed E-state index contributed by atoms with van der Waals surface area (Å²) in [5.74, 6) is 0. The molecule has 1 fully saturated rings. The van der Waals surface area contributed by atoms with Crippen LogP contribution in [0.4, 0.5) is 0 Å². The summed E-state index contributed by atoms with van der Waals surface area (Å²) in [6, 6.07) is 11.0. The predicted molar refractivity (Wildman–Crippen MR) is 88.1 cm³/mol. The van der Waals surface area contributed by atoms with Crippen LogP contribution >= 0.6 is 0 Å². The van der Waals surface area contributed by atoms with Gasteiger partial charge in [-0.2, -0.15) is 0 Å². The smallest absolute Gasteiger partial charge is 0.0961 e. The summed E-state index contributed by atoms with van der Waals surface area (Å²) in [5, 5.41) is 3.50. The molecule has 3 rings (SSSR count). The van der Waals surface area contributed by atoms with E-state index in [4.69, 9.17) is 4.98 Å². The summed E-state index contributed by atoms with van der Waals surface area (Å²) in [7, 11) is 0. The molecular weight excluding hydrogens is 258 g/mol. The van der Waals surface area contributed by atoms with E-state index < -0.39 is 0 Å². The molecular formula is C18H23N3. The molecule has 1 atom stereocenters. The minimum absolute atomic E-state index is 0.508. The lowest BCUT2D eigenvalue weighted by Gasteiger charge is -2.26. The Morgan fingerprint density at radius 3 is 2.81 bits per heavy atom. The summed E-state index contributed by atoms with van der Waals surface area (Å²) in [6.07, 6.45) is 6.65. The fourth-order valence-corrected chi connectivity index (χ4v) is 3.04. The lowest BCUT2D eigenvalue weighted by Crippen LogP contribution is -2.32. The molecule has 1 aromatic carbocycles. The molecule has 1 N–H and O–H groups in total. The average Bonchev–Trinajstić information content (AvgIpc) is 3.00. The fraction of sp³-hybridized carbons (Fsp3) is 0.389. The second-order valence-corrected chi connectivity index (χ2v) is 5.69. The van der Waals surface area contributed by atoms with E-state index in [1.165, 1.54) is 29.7 Å². The minimum atomic E-state index is 0.508. The maximum atomic E-state index is 4.72. The number of benzene rings is 1. The van der Waals surface area contributed by atoms with Crippen molar-refractivity contribution >= 4 is 5.57 Å². The van der Waals surface area contributed by atoms with Gasteiger partial charge in [-0.1, -0.05) is 36.4 Å². The van der Waals surface area contributed by atoms with Crippen LogP contribution in [0, 0.1) is 0 Å². The quantitative estimate of drug-likeness (QED) is 0.924. The molecule has 3 heteroatoms. The third kappa shape index (κ3) is 2.79. The van der Waals surface area contributed by atoms with E-state index in [-0.39, 0.29) is 0 Å². The van der Waals surface area contributed by atoms with Crippen LogP contribution in [0.1, 0.15) is 38.4 Å². The standard InChI is InChI=1S/C18H23N3/c1-3-14(2)18-17(15-8-5-4-6-9-15)20-13-21(18)16-10-7-11-19-12-16/h3-6,8-9,13,16,19H,7,10-12H2,1-2H3/b14-3+/t16-/m1/s1. The summed E-state index contributed by atoms with van der Waals surface area (Å²) in [4.78, 5) is 4.72. The first-order chi connectivity index (χ1) is 10.3. The Morgan fingerprint density at radius 1 is 1.33 bits per heavy atom. The topological polar surface area (TPSA) is 29.9 Å². The number of nitrogens with one attached hydrogen (secondary N) is 1. The highest BCUT2D eigenvalue weighted by atomic mass is 15.1. The molecule has 1 saturated heterocycles. The minimum Gasteiger partial charge on any atom is -0.326 e. The molecule has 0 saturated carbocycles. The average molecular weight is 281 g/mol. The van der Waals surface area contributed by atoms with Crippen molar-refractivity contribution in [2.45, 2.75) is 32.7 Å². The van der Waals surface area contributed by atoms with Crippen molar-refractivity contribution in [3.8, 4) is 11.3 Å². The molecule has 1 aliphatic rings. The molecule has 110 valence electrons. The molecule has 0 aliphatic carbocycles. The molecule has 0 amide bonds. The zero-order valence-corrected chi connectivity index (χ0v) is 12.8. The maximum Gasteiger partial charge on any atom is 0.0961 e. The van der Waals surface area contributed by atoms with E-state index >= 15 is 0 Å². The second kappa shape index (κ2) is 6.27. The van der Waals surface area contributed by atoms with Gasteiger partial charge in [0, 0.05) is 18.2 Å². The Labute approximate surface area is 126 Å². The van der Waals surface area contributed by atoms with Gasteiger partial charge in [-0.25, -0.2) is 4.98 Å². The van der Waals surface area contributed by atoms with Gasteiger partial charge in [0.15, 0.2) is 0 Å². The van der Waals surface area contributed by atoms with Gasteiger partial charge in [0.2, 0.25) is 0 Å². The van der Waals surface area contributed by atoms with Crippen molar-refractivity contribution in [1.82, 2.24) is 14.9 Å². The van der Waals surface area contributed by atoms with E-state index in [0.717, 1.165) is 18.8 Å². The van der Waals surface area contributed by atoms with Crippen LogP contribution in [0.5, 0.6) is 0 Å². The summed E-state index contributed by atoms with van der Waals surface area (Å²) in [5.41, 5.74) is 4.84. The van der Waals surface area contributed by atoms with Crippen molar-refractivity contribution < 1.29 is 0 Å². The largest absolute Gasteiger partial charge is 0.326 e. The number of hydrogen-bond acceptors (Lipinski definition) is 2. The maximum absolute atomic E-state index is 4.72. The highest BCUT2D eigenvalue weighted by Gasteiger charge is 2.21. The Hall–Kier alpha value is -1.87. The van der Waals surface area contributed by atoms with Crippen molar-refractivity contribution in [2.24, 2.45) is 0 Å². The normalized spacial score (nSPS) is 19.7. The number of allylic oxidation sites excluding steroid dienone is 2. The van der Waals surface area contributed by atoms with E-state index in [0.29, 0.717) is 6.04 Å². The Bertz CT molecular complexity index is 619. The van der Waals surface area contributed by atoms with E-state index in [1.54, 1.807) is 0 Å². The lowest BCUT2D eigenvalue weighted by atomic mass is 10.0. The summed E-state index contributed by atoms with van der Waals surface area (Å²) >= 11 is 0. The SMILES string of the molecule is C/C=C(\C)c1c(-c2ccccc2)ncn1[C@@H]1CCCNC1. The van der Waals surface area contributed by atoms with Crippen LogP contribution in [0.25, 0.3) is 16.8 Å².